The molecule has 192 valence electrons. The van der Waals surface area contributed by atoms with Gasteiger partial charge in [0.2, 0.25) is 5.78 Å². The second-order valence-corrected chi connectivity index (χ2v) is 11.5. The topological polar surface area (TPSA) is 119 Å². The summed E-state index contributed by atoms with van der Waals surface area (Å²) in [5.41, 5.74) is -2.11. The van der Waals surface area contributed by atoms with Crippen LogP contribution in [0, 0.1) is 28.6 Å². The standard InChI is InChI=1S/C27H36O8/c1-5-6-23-34-22-11-17-16-10-19(30)18-9-15(29)7-8-25(18,3)24(16)20(31)12-26(17,4)27(22,35-23)21(32)13-33-14(2)28/h7-9,16-17,19-20,22-24,30-31H,5-6,10-13H2,1-4H3/t16-,17-,19-,20-,22+,23?,24+,25-,26-,27+/m0/s1. The highest BCUT2D eigenvalue weighted by atomic mass is 16.7. The number of allylic oxidation sites excluding steroid dienone is 3. The Kier molecular flexibility index (Phi) is 5.91. The fourth-order valence-electron chi connectivity index (χ4n) is 8.34. The molecule has 0 spiro atoms. The molecule has 8 nitrogen and oxygen atoms in total. The van der Waals surface area contributed by atoms with Gasteiger partial charge in [0.05, 0.1) is 18.3 Å². The molecule has 5 aliphatic rings. The normalized spacial score (nSPS) is 47.9. The zero-order valence-electron chi connectivity index (χ0n) is 20.9. The van der Waals surface area contributed by atoms with E-state index in [2.05, 4.69) is 0 Å². The highest BCUT2D eigenvalue weighted by molar-refractivity contribution is 6.01. The van der Waals surface area contributed by atoms with Crippen molar-refractivity contribution >= 4 is 17.5 Å². The molecule has 0 aromatic rings. The molecule has 1 aliphatic heterocycles. The van der Waals surface area contributed by atoms with Gasteiger partial charge in [-0.15, -0.1) is 0 Å². The molecule has 4 fully saturated rings. The van der Waals surface area contributed by atoms with Crippen LogP contribution in [0.15, 0.2) is 23.8 Å². The molecule has 0 bridgehead atoms. The summed E-state index contributed by atoms with van der Waals surface area (Å²) in [6, 6.07) is 0. The van der Waals surface area contributed by atoms with Crippen LogP contribution in [0.3, 0.4) is 0 Å². The molecule has 5 rings (SSSR count). The maximum Gasteiger partial charge on any atom is 0.303 e. The first-order valence-corrected chi connectivity index (χ1v) is 12.8. The molecule has 8 heteroatoms. The number of carbonyl (C=O) groups is 3. The maximum atomic E-state index is 13.8. The third-order valence-electron chi connectivity index (χ3n) is 9.65. The van der Waals surface area contributed by atoms with E-state index in [-0.39, 0.29) is 29.3 Å². The van der Waals surface area contributed by atoms with Gasteiger partial charge < -0.3 is 24.4 Å². The van der Waals surface area contributed by atoms with E-state index in [1.54, 1.807) is 0 Å². The molecular weight excluding hydrogens is 452 g/mol. The molecule has 10 atom stereocenters. The number of hydrogen-bond donors (Lipinski definition) is 2. The number of ketones is 2. The Morgan fingerprint density at radius 1 is 1.23 bits per heavy atom. The number of hydrogen-bond acceptors (Lipinski definition) is 8. The van der Waals surface area contributed by atoms with Crippen LogP contribution in [-0.2, 0) is 28.6 Å². The Bertz CT molecular complexity index is 1000. The molecule has 1 heterocycles. The van der Waals surface area contributed by atoms with Gasteiger partial charge in [-0.05, 0) is 55.2 Å². The highest BCUT2D eigenvalue weighted by Crippen LogP contribution is 2.69. The van der Waals surface area contributed by atoms with Gasteiger partial charge in [0.15, 0.2) is 24.3 Å². The number of rotatable bonds is 5. The summed E-state index contributed by atoms with van der Waals surface area (Å²) in [7, 11) is 0. The smallest absolute Gasteiger partial charge is 0.303 e. The maximum absolute atomic E-state index is 13.8. The van der Waals surface area contributed by atoms with Crippen molar-refractivity contribution in [3.63, 3.8) is 0 Å². The van der Waals surface area contributed by atoms with Gasteiger partial charge in [0.1, 0.15) is 0 Å². The third kappa shape index (κ3) is 3.36. The highest BCUT2D eigenvalue weighted by Gasteiger charge is 2.76. The lowest BCUT2D eigenvalue weighted by Crippen LogP contribution is -2.64. The molecule has 2 N–H and O–H groups in total. The number of carbonyl (C=O) groups excluding carboxylic acids is 3. The van der Waals surface area contributed by atoms with E-state index in [1.165, 1.54) is 19.1 Å². The van der Waals surface area contributed by atoms with Gasteiger partial charge in [0, 0.05) is 23.7 Å². The summed E-state index contributed by atoms with van der Waals surface area (Å²) in [6.45, 7) is 6.85. The number of aliphatic hydroxyl groups is 2. The number of aliphatic hydroxyl groups excluding tert-OH is 2. The van der Waals surface area contributed by atoms with Crippen LogP contribution >= 0.6 is 0 Å². The van der Waals surface area contributed by atoms with Crippen molar-refractivity contribution in [1.29, 1.82) is 0 Å². The Hall–Kier alpha value is -1.87. The zero-order valence-corrected chi connectivity index (χ0v) is 20.9. The first-order valence-electron chi connectivity index (χ1n) is 12.8. The van der Waals surface area contributed by atoms with E-state index >= 15 is 0 Å². The van der Waals surface area contributed by atoms with E-state index in [4.69, 9.17) is 14.2 Å². The second kappa shape index (κ2) is 8.33. The fraction of sp³-hybridized carbons (Fsp3) is 0.741. The molecule has 0 radical (unpaired) electrons. The predicted octanol–water partition coefficient (Wildman–Crippen LogP) is 2.26. The lowest BCUT2D eigenvalue weighted by molar-refractivity contribution is -0.204. The summed E-state index contributed by atoms with van der Waals surface area (Å²) < 4.78 is 17.9. The lowest BCUT2D eigenvalue weighted by atomic mass is 9.45. The molecule has 35 heavy (non-hydrogen) atoms. The molecule has 1 saturated heterocycles. The molecule has 0 amide bonds. The van der Waals surface area contributed by atoms with Crippen LogP contribution in [0.25, 0.3) is 0 Å². The van der Waals surface area contributed by atoms with Gasteiger partial charge in [-0.1, -0.05) is 33.3 Å². The third-order valence-corrected chi connectivity index (χ3v) is 9.65. The molecular formula is C27H36O8. The van der Waals surface area contributed by atoms with Crippen LogP contribution in [0.5, 0.6) is 0 Å². The monoisotopic (exact) mass is 488 g/mol. The average molecular weight is 489 g/mol. The van der Waals surface area contributed by atoms with Crippen LogP contribution in [0.1, 0.15) is 59.8 Å². The van der Waals surface area contributed by atoms with Gasteiger partial charge in [-0.3, -0.25) is 14.4 Å². The first kappa shape index (κ1) is 24.8. The number of fused-ring (bicyclic) bond motifs is 7. The van der Waals surface area contributed by atoms with Crippen molar-refractivity contribution in [3.05, 3.63) is 23.8 Å². The molecule has 3 saturated carbocycles. The number of ether oxygens (including phenoxy) is 3. The molecule has 0 aromatic carbocycles. The summed E-state index contributed by atoms with van der Waals surface area (Å²) in [5.74, 6) is -1.42. The zero-order chi connectivity index (χ0) is 25.3. The van der Waals surface area contributed by atoms with Gasteiger partial charge >= 0.3 is 5.97 Å². The largest absolute Gasteiger partial charge is 0.458 e. The molecule has 4 aliphatic carbocycles. The van der Waals surface area contributed by atoms with Crippen molar-refractivity contribution in [3.8, 4) is 0 Å². The lowest BCUT2D eigenvalue weighted by Gasteiger charge is -2.60. The van der Waals surface area contributed by atoms with Gasteiger partial charge in [0.25, 0.3) is 0 Å². The number of esters is 1. The number of Topliss-reactive ketones (excluding diaryl/α,β-unsaturated/α-hetero) is 1. The van der Waals surface area contributed by atoms with E-state index in [0.29, 0.717) is 31.3 Å². The van der Waals surface area contributed by atoms with E-state index in [9.17, 15) is 24.6 Å². The Balaban J connectivity index is 1.55. The van der Waals surface area contributed by atoms with E-state index < -0.39 is 53.6 Å². The summed E-state index contributed by atoms with van der Waals surface area (Å²) in [5, 5.41) is 22.8. The van der Waals surface area contributed by atoms with Crippen molar-refractivity contribution < 1.29 is 38.8 Å². The van der Waals surface area contributed by atoms with Crippen LogP contribution in [0.4, 0.5) is 0 Å². The van der Waals surface area contributed by atoms with E-state index in [1.807, 2.05) is 26.8 Å². The van der Waals surface area contributed by atoms with Crippen LogP contribution in [0.2, 0.25) is 0 Å². The summed E-state index contributed by atoms with van der Waals surface area (Å²) in [4.78, 5) is 37.3. The summed E-state index contributed by atoms with van der Waals surface area (Å²) in [6.07, 6.45) is 4.93. The van der Waals surface area contributed by atoms with Crippen molar-refractivity contribution in [2.75, 3.05) is 6.61 Å². The van der Waals surface area contributed by atoms with Gasteiger partial charge in [-0.25, -0.2) is 0 Å². The Morgan fingerprint density at radius 3 is 2.66 bits per heavy atom. The van der Waals surface area contributed by atoms with Crippen molar-refractivity contribution in [1.82, 2.24) is 0 Å². The Morgan fingerprint density at radius 2 is 1.97 bits per heavy atom. The Labute approximate surface area is 205 Å². The van der Waals surface area contributed by atoms with Crippen molar-refractivity contribution in [2.45, 2.75) is 90.0 Å². The van der Waals surface area contributed by atoms with Crippen LogP contribution < -0.4 is 0 Å². The van der Waals surface area contributed by atoms with Crippen molar-refractivity contribution in [2.24, 2.45) is 28.6 Å². The SMILES string of the molecule is CCCC1O[C@@H]2C[C@H]3[C@@H]4C[C@H](O)C5=CC(=O)C=C[C@]5(C)[C@H]4[C@@H](O)C[C@]3(C)[C@]2(C(=O)COC(C)=O)O1. The second-order valence-electron chi connectivity index (χ2n) is 11.5. The van der Waals surface area contributed by atoms with E-state index in [0.717, 1.165) is 6.42 Å². The minimum atomic E-state index is -1.33. The average Bonchev–Trinajstić information content (AvgIpc) is 3.26. The fourth-order valence-corrected chi connectivity index (χ4v) is 8.34. The van der Waals surface area contributed by atoms with Gasteiger partial charge in [-0.2, -0.15) is 0 Å². The first-order chi connectivity index (χ1) is 16.5. The molecule has 1 unspecified atom stereocenters. The van der Waals surface area contributed by atoms with Crippen LogP contribution in [-0.4, -0.2) is 64.6 Å². The summed E-state index contributed by atoms with van der Waals surface area (Å²) >= 11 is 0. The minimum Gasteiger partial charge on any atom is -0.458 e. The molecule has 0 aromatic heterocycles. The minimum absolute atomic E-state index is 0.0659. The predicted molar refractivity (Wildman–Crippen MR) is 124 cm³/mol. The quantitative estimate of drug-likeness (QED) is 0.566.